The predicted octanol–water partition coefficient (Wildman–Crippen LogP) is 5.33. The molecule has 0 spiro atoms. The smallest absolute Gasteiger partial charge is 0.408 e. The van der Waals surface area contributed by atoms with E-state index in [1.165, 1.54) is 5.56 Å². The SMILES string of the molecule is CC(C)(C)OC(=O)N[C@H](Cc1ccccc1)C(=O)OCC(c1ccccc1)[Si](C)(C)C. The Kier molecular flexibility index (Phi) is 8.45. The first-order valence-corrected chi connectivity index (χ1v) is 14.3. The zero-order chi connectivity index (χ0) is 23.1. The molecule has 168 valence electrons. The second-order valence-corrected chi connectivity index (χ2v) is 15.3. The number of benzene rings is 2. The summed E-state index contributed by atoms with van der Waals surface area (Å²) in [6.07, 6.45) is -0.294. The van der Waals surface area contributed by atoms with Gasteiger partial charge in [-0.1, -0.05) is 80.3 Å². The van der Waals surface area contributed by atoms with Gasteiger partial charge >= 0.3 is 12.1 Å². The van der Waals surface area contributed by atoms with E-state index in [2.05, 4.69) is 37.1 Å². The molecule has 1 amide bonds. The van der Waals surface area contributed by atoms with Gasteiger partial charge in [-0.2, -0.15) is 0 Å². The van der Waals surface area contributed by atoms with Crippen LogP contribution in [0.4, 0.5) is 4.79 Å². The lowest BCUT2D eigenvalue weighted by Crippen LogP contribution is -2.46. The average molecular weight is 442 g/mol. The first-order chi connectivity index (χ1) is 14.5. The first-order valence-electron chi connectivity index (χ1n) is 10.7. The number of carbonyl (C=O) groups is 2. The van der Waals surface area contributed by atoms with Gasteiger partial charge in [0.05, 0.1) is 14.7 Å². The summed E-state index contributed by atoms with van der Waals surface area (Å²) in [5.74, 6) is -0.450. The highest BCUT2D eigenvalue weighted by Gasteiger charge is 2.31. The Hall–Kier alpha value is -2.60. The van der Waals surface area contributed by atoms with Crippen LogP contribution < -0.4 is 5.32 Å². The third-order valence-corrected chi connectivity index (χ3v) is 7.49. The minimum atomic E-state index is -1.66. The first kappa shape index (κ1) is 24.7. The molecular weight excluding hydrogens is 406 g/mol. The summed E-state index contributed by atoms with van der Waals surface area (Å²) in [5, 5.41) is 2.70. The van der Waals surface area contributed by atoms with Crippen molar-refractivity contribution < 1.29 is 19.1 Å². The molecular formula is C25H35NO4Si. The number of alkyl carbamates (subject to hydrolysis) is 1. The highest BCUT2D eigenvalue weighted by atomic mass is 28.3. The Morgan fingerprint density at radius 3 is 2.00 bits per heavy atom. The number of nitrogens with one attached hydrogen (secondary N) is 1. The van der Waals surface area contributed by atoms with Gasteiger partial charge in [-0.15, -0.1) is 0 Å². The number of hydrogen-bond donors (Lipinski definition) is 1. The molecule has 2 atom stereocenters. The van der Waals surface area contributed by atoms with Gasteiger partial charge in [0.2, 0.25) is 0 Å². The molecule has 0 saturated heterocycles. The normalized spacial score (nSPS) is 13.7. The molecule has 0 aliphatic rings. The van der Waals surface area contributed by atoms with E-state index in [-0.39, 0.29) is 5.54 Å². The topological polar surface area (TPSA) is 64.6 Å². The summed E-state index contributed by atoms with van der Waals surface area (Å²) in [4.78, 5) is 25.4. The maximum absolute atomic E-state index is 13.0. The summed E-state index contributed by atoms with van der Waals surface area (Å²) in [7, 11) is -1.66. The van der Waals surface area contributed by atoms with E-state index in [1.807, 2.05) is 48.5 Å². The molecule has 31 heavy (non-hydrogen) atoms. The molecule has 6 heteroatoms. The largest absolute Gasteiger partial charge is 0.464 e. The minimum absolute atomic E-state index is 0.163. The van der Waals surface area contributed by atoms with Crippen molar-refractivity contribution in [2.45, 2.75) is 64.0 Å². The third-order valence-electron chi connectivity index (χ3n) is 4.90. The Balaban J connectivity index is 2.14. The molecule has 0 aromatic heterocycles. The zero-order valence-corrected chi connectivity index (χ0v) is 20.5. The number of carbonyl (C=O) groups excluding carboxylic acids is 2. The molecule has 2 aromatic carbocycles. The monoisotopic (exact) mass is 441 g/mol. The maximum Gasteiger partial charge on any atom is 0.408 e. The molecule has 0 aliphatic carbocycles. The lowest BCUT2D eigenvalue weighted by molar-refractivity contribution is -0.146. The molecule has 2 rings (SSSR count). The van der Waals surface area contributed by atoms with Crippen LogP contribution in [0.3, 0.4) is 0 Å². The lowest BCUT2D eigenvalue weighted by atomic mass is 10.1. The summed E-state index contributed by atoms with van der Waals surface area (Å²) < 4.78 is 11.1. The lowest BCUT2D eigenvalue weighted by Gasteiger charge is -2.30. The van der Waals surface area contributed by atoms with Crippen LogP contribution in [0.15, 0.2) is 60.7 Å². The van der Waals surface area contributed by atoms with Gasteiger partial charge in [-0.05, 0) is 31.9 Å². The standard InChI is InChI=1S/C25H35NO4Si/c1-25(2,3)30-24(28)26-21(17-19-13-9-7-10-14-19)23(27)29-18-22(31(4,5)6)20-15-11-8-12-16-20/h7-16,21-22H,17-18H2,1-6H3,(H,26,28)/t21-,22?/m1/s1. The van der Waals surface area contributed by atoms with Crippen LogP contribution in [-0.4, -0.2) is 38.4 Å². The van der Waals surface area contributed by atoms with Gasteiger partial charge in [0.1, 0.15) is 11.6 Å². The van der Waals surface area contributed by atoms with Gasteiger partial charge in [-0.3, -0.25) is 0 Å². The predicted molar refractivity (Wildman–Crippen MR) is 127 cm³/mol. The average Bonchev–Trinajstić information content (AvgIpc) is 2.66. The number of rotatable bonds is 8. The molecule has 0 bridgehead atoms. The number of ether oxygens (including phenoxy) is 2. The fraction of sp³-hybridized carbons (Fsp3) is 0.440. The molecule has 0 saturated carbocycles. The van der Waals surface area contributed by atoms with Gasteiger partial charge in [0, 0.05) is 12.0 Å². The summed E-state index contributed by atoms with van der Waals surface area (Å²) in [6.45, 7) is 12.4. The molecule has 0 fully saturated rings. The van der Waals surface area contributed by atoms with Crippen LogP contribution in [0.2, 0.25) is 19.6 Å². The third kappa shape index (κ3) is 8.57. The van der Waals surface area contributed by atoms with E-state index in [0.29, 0.717) is 13.0 Å². The van der Waals surface area contributed by atoms with Gasteiger partial charge in [0.15, 0.2) is 0 Å². The molecule has 5 nitrogen and oxygen atoms in total. The van der Waals surface area contributed by atoms with Crippen LogP contribution in [0.5, 0.6) is 0 Å². The van der Waals surface area contributed by atoms with Crippen LogP contribution in [-0.2, 0) is 20.7 Å². The molecule has 0 radical (unpaired) electrons. The quantitative estimate of drug-likeness (QED) is 0.444. The van der Waals surface area contributed by atoms with E-state index < -0.39 is 31.8 Å². The molecule has 1 N–H and O–H groups in total. The number of amides is 1. The Morgan fingerprint density at radius 2 is 1.48 bits per heavy atom. The zero-order valence-electron chi connectivity index (χ0n) is 19.5. The molecule has 0 heterocycles. The number of hydrogen-bond acceptors (Lipinski definition) is 4. The van der Waals surface area contributed by atoms with Crippen molar-refractivity contribution in [2.75, 3.05) is 6.61 Å². The van der Waals surface area contributed by atoms with E-state index in [1.54, 1.807) is 20.8 Å². The van der Waals surface area contributed by atoms with Crippen molar-refractivity contribution in [3.8, 4) is 0 Å². The van der Waals surface area contributed by atoms with Crippen LogP contribution >= 0.6 is 0 Å². The van der Waals surface area contributed by atoms with Crippen molar-refractivity contribution in [3.05, 3.63) is 71.8 Å². The fourth-order valence-electron chi connectivity index (χ4n) is 3.29. The van der Waals surface area contributed by atoms with Gasteiger partial charge in [-0.25, -0.2) is 9.59 Å². The second kappa shape index (κ2) is 10.6. The Labute approximate surface area is 187 Å². The van der Waals surface area contributed by atoms with E-state index >= 15 is 0 Å². The second-order valence-electron chi connectivity index (χ2n) is 9.85. The Bertz CT molecular complexity index is 841. The van der Waals surface area contributed by atoms with Crippen molar-refractivity contribution in [2.24, 2.45) is 0 Å². The summed E-state index contributed by atoms with van der Waals surface area (Å²) >= 11 is 0. The Morgan fingerprint density at radius 1 is 0.935 bits per heavy atom. The van der Waals surface area contributed by atoms with E-state index in [4.69, 9.17) is 9.47 Å². The maximum atomic E-state index is 13.0. The van der Waals surface area contributed by atoms with Crippen molar-refractivity contribution in [3.63, 3.8) is 0 Å². The highest BCUT2D eigenvalue weighted by Crippen LogP contribution is 2.27. The summed E-state index contributed by atoms with van der Waals surface area (Å²) in [6, 6.07) is 18.9. The van der Waals surface area contributed by atoms with Crippen molar-refractivity contribution in [1.29, 1.82) is 0 Å². The van der Waals surface area contributed by atoms with E-state index in [0.717, 1.165) is 5.56 Å². The fourth-order valence-corrected chi connectivity index (χ4v) is 5.07. The van der Waals surface area contributed by atoms with Gasteiger partial charge < -0.3 is 14.8 Å². The van der Waals surface area contributed by atoms with Crippen LogP contribution in [0, 0.1) is 0 Å². The van der Waals surface area contributed by atoms with Crippen molar-refractivity contribution in [1.82, 2.24) is 5.32 Å². The molecule has 0 aliphatic heterocycles. The van der Waals surface area contributed by atoms with Crippen molar-refractivity contribution >= 4 is 20.1 Å². The van der Waals surface area contributed by atoms with Gasteiger partial charge in [0.25, 0.3) is 0 Å². The highest BCUT2D eigenvalue weighted by molar-refractivity contribution is 6.77. The summed E-state index contributed by atoms with van der Waals surface area (Å²) in [5.41, 5.74) is 1.62. The molecule has 1 unspecified atom stereocenters. The van der Waals surface area contributed by atoms with Crippen LogP contribution in [0.1, 0.15) is 37.4 Å². The molecule has 2 aromatic rings. The minimum Gasteiger partial charge on any atom is -0.464 e. The van der Waals surface area contributed by atoms with Crippen LogP contribution in [0.25, 0.3) is 0 Å². The van der Waals surface area contributed by atoms with E-state index in [9.17, 15) is 9.59 Å². The number of esters is 1.